The van der Waals surface area contributed by atoms with Crippen molar-refractivity contribution in [2.45, 2.75) is 76.2 Å². The highest BCUT2D eigenvalue weighted by molar-refractivity contribution is 5.96. The minimum atomic E-state index is -1.35. The van der Waals surface area contributed by atoms with Crippen LogP contribution in [0.2, 0.25) is 0 Å². The highest BCUT2D eigenvalue weighted by atomic mass is 19.1. The van der Waals surface area contributed by atoms with Crippen molar-refractivity contribution in [3.63, 3.8) is 0 Å². The van der Waals surface area contributed by atoms with Crippen LogP contribution < -0.4 is 55.7 Å². The molecule has 0 radical (unpaired) electrons. The summed E-state index contributed by atoms with van der Waals surface area (Å²) in [4.78, 5) is 74.1. The van der Waals surface area contributed by atoms with Crippen LogP contribution in [0.5, 0.6) is 0 Å². The molecule has 5 amide bonds. The second-order valence-corrected chi connectivity index (χ2v) is 12.8. The molecule has 0 spiro atoms. The molecule has 0 saturated carbocycles. The number of nitrogens with one attached hydrogen (secondary N) is 4. The van der Waals surface area contributed by atoms with Crippen LogP contribution in [0.15, 0.2) is 58.5 Å². The Kier molecular flexibility index (Phi) is 17.6. The maximum absolute atomic E-state index is 14.0. The minimum absolute atomic E-state index is 0.0994. The number of hydrogen-bond acceptors (Lipinski definition) is 9. The molecule has 0 heterocycles. The number of aliphatic hydroxyl groups excluding tert-OH is 1. The van der Waals surface area contributed by atoms with Crippen molar-refractivity contribution in [2.24, 2.45) is 50.3 Å². The maximum Gasteiger partial charge on any atom is 0.243 e. The van der Waals surface area contributed by atoms with Gasteiger partial charge in [0.1, 0.15) is 36.0 Å². The number of nitrogens with zero attached hydrogens (tertiary/aromatic N) is 2. The van der Waals surface area contributed by atoms with Gasteiger partial charge in [-0.25, -0.2) is 9.38 Å². The normalized spacial score (nSPS) is 13.7. The number of carbonyl (C=O) groups is 5. The van der Waals surface area contributed by atoms with Gasteiger partial charge < -0.3 is 60.8 Å². The predicted molar refractivity (Wildman–Crippen MR) is 197 cm³/mol. The molecule has 0 bridgehead atoms. The van der Waals surface area contributed by atoms with Crippen molar-refractivity contribution in [1.82, 2.24) is 21.3 Å². The number of halogens is 1. The number of nitrogens with two attached hydrogens (primary N) is 6. The molecule has 0 fully saturated rings. The van der Waals surface area contributed by atoms with Crippen LogP contribution in [0, 0.1) is 11.7 Å². The van der Waals surface area contributed by atoms with Crippen molar-refractivity contribution < 1.29 is 33.5 Å². The molecular weight excluding hydrogens is 691 g/mol. The summed E-state index contributed by atoms with van der Waals surface area (Å²) < 4.78 is 13.6. The zero-order valence-electron chi connectivity index (χ0n) is 29.8. The average molecular weight is 743 g/mol. The highest BCUT2D eigenvalue weighted by Gasteiger charge is 2.32. The molecule has 2 rings (SSSR count). The van der Waals surface area contributed by atoms with E-state index in [-0.39, 0.29) is 50.1 Å². The number of benzene rings is 2. The lowest BCUT2D eigenvalue weighted by Gasteiger charge is -2.27. The molecule has 290 valence electrons. The van der Waals surface area contributed by atoms with E-state index in [0.29, 0.717) is 23.2 Å². The van der Waals surface area contributed by atoms with Crippen molar-refractivity contribution in [3.8, 4) is 0 Å². The Balaban J connectivity index is 2.43. The Morgan fingerprint density at radius 2 is 1.17 bits per heavy atom. The molecule has 0 unspecified atom stereocenters. The summed E-state index contributed by atoms with van der Waals surface area (Å²) >= 11 is 0. The number of hydrogen-bond donors (Lipinski definition) is 11. The summed E-state index contributed by atoms with van der Waals surface area (Å²) in [6.45, 7) is 3.13. The lowest BCUT2D eigenvalue weighted by Crippen LogP contribution is -2.59. The molecule has 0 aromatic heterocycles. The van der Waals surface area contributed by atoms with E-state index in [1.165, 1.54) is 24.3 Å². The van der Waals surface area contributed by atoms with Crippen molar-refractivity contribution in [2.75, 3.05) is 13.2 Å². The van der Waals surface area contributed by atoms with Crippen LogP contribution in [-0.4, -0.2) is 89.9 Å². The van der Waals surface area contributed by atoms with Gasteiger partial charge in [0.25, 0.3) is 0 Å². The van der Waals surface area contributed by atoms with Crippen molar-refractivity contribution in [3.05, 3.63) is 65.5 Å². The summed E-state index contributed by atoms with van der Waals surface area (Å²) in [6, 6.07) is 5.38. The molecule has 5 atom stereocenters. The van der Waals surface area contributed by atoms with Gasteiger partial charge in [-0.3, -0.25) is 29.0 Å². The Morgan fingerprint density at radius 1 is 0.698 bits per heavy atom. The average Bonchev–Trinajstić information content (AvgIpc) is 3.09. The first kappa shape index (κ1) is 43.3. The van der Waals surface area contributed by atoms with Crippen molar-refractivity contribution >= 4 is 47.1 Å². The smallest absolute Gasteiger partial charge is 0.243 e. The molecule has 2 aromatic carbocycles. The second-order valence-electron chi connectivity index (χ2n) is 12.8. The van der Waals surface area contributed by atoms with Gasteiger partial charge in [0.2, 0.25) is 29.5 Å². The van der Waals surface area contributed by atoms with Crippen molar-refractivity contribution in [1.29, 1.82) is 0 Å². The standard InChI is InChI=1S/C34H51FN12O6/c1-18(2)14-25(30(51)44-24(28(37)49)4-3-13-42-33(38)39)46-32(53)27(16-20-7-11-22(12-8-20)43-34(40)41)47-31(52)26(45-29(50)23(36)17-48)15-19-5-9-21(35)10-6-19/h5-12,18,23-27,48H,3-4,13-17,36H2,1-2H3,(H2,37,49)(H,44,51)(H,45,50)(H,46,53)(H,47,52)(H4,38,39,42)(H4,40,41,43)/t23-,24-,25-,26-,27-/m0/s1. The van der Waals surface area contributed by atoms with Gasteiger partial charge >= 0.3 is 0 Å². The predicted octanol–water partition coefficient (Wildman–Crippen LogP) is -2.64. The zero-order valence-corrected chi connectivity index (χ0v) is 29.8. The van der Waals surface area contributed by atoms with E-state index in [0.717, 1.165) is 0 Å². The van der Waals surface area contributed by atoms with Gasteiger partial charge in [0.15, 0.2) is 11.9 Å². The van der Waals surface area contributed by atoms with Crippen LogP contribution in [0.3, 0.4) is 0 Å². The van der Waals surface area contributed by atoms with Gasteiger partial charge in [0, 0.05) is 19.4 Å². The second kappa shape index (κ2) is 21.5. The third-order valence-electron chi connectivity index (χ3n) is 7.73. The van der Waals surface area contributed by atoms with Gasteiger partial charge in [-0.15, -0.1) is 0 Å². The summed E-state index contributed by atoms with van der Waals surface area (Å²) in [7, 11) is 0. The minimum Gasteiger partial charge on any atom is -0.394 e. The molecule has 2 aromatic rings. The first-order valence-corrected chi connectivity index (χ1v) is 16.8. The Morgan fingerprint density at radius 3 is 1.64 bits per heavy atom. The molecule has 17 N–H and O–H groups in total. The van der Waals surface area contributed by atoms with Crippen LogP contribution in [0.25, 0.3) is 0 Å². The molecule has 0 aliphatic carbocycles. The zero-order chi connectivity index (χ0) is 39.7. The number of amides is 5. The fourth-order valence-electron chi connectivity index (χ4n) is 5.04. The fraction of sp³-hybridized carbons (Fsp3) is 0.441. The third kappa shape index (κ3) is 15.9. The molecule has 19 heteroatoms. The van der Waals surface area contributed by atoms with E-state index < -0.39 is 72.2 Å². The number of rotatable bonds is 21. The highest BCUT2D eigenvalue weighted by Crippen LogP contribution is 2.15. The molecule has 53 heavy (non-hydrogen) atoms. The molecule has 0 aliphatic rings. The molecule has 18 nitrogen and oxygen atoms in total. The van der Waals surface area contributed by atoms with Gasteiger partial charge in [-0.05, 0) is 60.6 Å². The lowest BCUT2D eigenvalue weighted by molar-refractivity contribution is -0.134. The third-order valence-corrected chi connectivity index (χ3v) is 7.73. The van der Waals surface area contributed by atoms with E-state index in [1.807, 2.05) is 13.8 Å². The summed E-state index contributed by atoms with van der Waals surface area (Å²) in [5.74, 6) is -4.85. The molecular formula is C34H51FN12O6. The van der Waals surface area contributed by atoms with Gasteiger partial charge in [-0.1, -0.05) is 38.1 Å². The number of primary amides is 1. The SMILES string of the molecule is CC(C)C[C@H](NC(=O)[C@H](Cc1ccc(N=C(N)N)cc1)NC(=O)[C@H](Cc1ccc(F)cc1)NC(=O)[C@@H](N)CO)C(=O)N[C@@H](CCCN=C(N)N)C(N)=O. The Labute approximate surface area is 306 Å². The van der Waals surface area contributed by atoms with E-state index in [1.54, 1.807) is 24.3 Å². The fourth-order valence-corrected chi connectivity index (χ4v) is 5.04. The summed E-state index contributed by atoms with van der Waals surface area (Å²) in [5.41, 5.74) is 34.3. The first-order chi connectivity index (χ1) is 25.0. The van der Waals surface area contributed by atoms with E-state index in [9.17, 15) is 33.5 Å². The van der Waals surface area contributed by atoms with Crippen LogP contribution in [0.4, 0.5) is 10.1 Å². The topological polar surface area (TPSA) is 335 Å². The Bertz CT molecular complexity index is 1600. The van der Waals surface area contributed by atoms with Crippen LogP contribution in [-0.2, 0) is 36.8 Å². The van der Waals surface area contributed by atoms with Crippen LogP contribution >= 0.6 is 0 Å². The lowest BCUT2D eigenvalue weighted by atomic mass is 9.99. The molecule has 0 aliphatic heterocycles. The van der Waals surface area contributed by atoms with Gasteiger partial charge in [-0.2, -0.15) is 0 Å². The summed E-state index contributed by atoms with van der Waals surface area (Å²) in [6.07, 6.45) is 0.357. The van der Waals surface area contributed by atoms with Crippen LogP contribution in [0.1, 0.15) is 44.2 Å². The van der Waals surface area contributed by atoms with E-state index >= 15 is 0 Å². The largest absolute Gasteiger partial charge is 0.394 e. The number of guanidine groups is 2. The number of carbonyl (C=O) groups excluding carboxylic acids is 5. The van der Waals surface area contributed by atoms with E-state index in [2.05, 4.69) is 31.3 Å². The monoisotopic (exact) mass is 742 g/mol. The quantitative estimate of drug-likeness (QED) is 0.0357. The van der Waals surface area contributed by atoms with Gasteiger partial charge in [0.05, 0.1) is 12.3 Å². The molecule has 0 saturated heterocycles. The van der Waals surface area contributed by atoms with E-state index in [4.69, 9.17) is 34.4 Å². The Hall–Kier alpha value is -5.82. The summed E-state index contributed by atoms with van der Waals surface area (Å²) in [5, 5.41) is 19.8. The number of aliphatic imine (C=N–C) groups is 2. The maximum atomic E-state index is 14.0. The first-order valence-electron chi connectivity index (χ1n) is 16.8. The number of aliphatic hydroxyl groups is 1.